The topological polar surface area (TPSA) is 40.1 Å². The first-order chi connectivity index (χ1) is 7.21. The van der Waals surface area contributed by atoms with Crippen LogP contribution in [0.4, 0.5) is 0 Å². The van der Waals surface area contributed by atoms with Crippen LogP contribution in [0.2, 0.25) is 0 Å². The van der Waals surface area contributed by atoms with E-state index < -0.39 is 7.37 Å². The van der Waals surface area contributed by atoms with Crippen molar-refractivity contribution >= 4 is 18.0 Å². The third-order valence-electron chi connectivity index (χ3n) is 2.19. The summed E-state index contributed by atoms with van der Waals surface area (Å²) in [6.07, 6.45) is 0. The Bertz CT molecular complexity index is 445. The summed E-state index contributed by atoms with van der Waals surface area (Å²) in [5.41, 5.74) is 0. The van der Waals surface area contributed by atoms with Gasteiger partial charge in [0.2, 0.25) is 0 Å². The number of hydrogen-bond donors (Lipinski definition) is 0. The molecule has 2 aromatic carbocycles. The van der Waals surface area contributed by atoms with Crippen LogP contribution < -0.4 is 74.6 Å². The second-order valence-corrected chi connectivity index (χ2v) is 5.36. The van der Waals surface area contributed by atoms with Crippen LogP contribution in [0.5, 0.6) is 0 Å². The summed E-state index contributed by atoms with van der Waals surface area (Å²) in [6, 6.07) is 16.9. The van der Waals surface area contributed by atoms with Crippen molar-refractivity contribution in [3.63, 3.8) is 0 Å². The number of benzene rings is 2. The summed E-state index contributed by atoms with van der Waals surface area (Å²) < 4.78 is 12.1. The van der Waals surface area contributed by atoms with E-state index in [1.54, 1.807) is 60.7 Å². The van der Waals surface area contributed by atoms with Crippen LogP contribution in [0.25, 0.3) is 0 Å². The molecule has 5 heteroatoms. The van der Waals surface area contributed by atoms with Crippen molar-refractivity contribution < 1.29 is 68.6 Å². The van der Waals surface area contributed by atoms with Gasteiger partial charge in [-0.15, -0.1) is 0 Å². The van der Waals surface area contributed by atoms with Crippen LogP contribution in [-0.2, 0) is 4.57 Å². The average molecular weight is 263 g/mol. The van der Waals surface area contributed by atoms with Gasteiger partial charge in [-0.05, 0) is 0 Å². The zero-order chi connectivity index (χ0) is 10.7. The van der Waals surface area contributed by atoms with Crippen LogP contribution in [0.3, 0.4) is 0 Å². The maximum absolute atomic E-state index is 12.1. The summed E-state index contributed by atoms with van der Waals surface area (Å²) in [7, 11) is -3.65. The van der Waals surface area contributed by atoms with E-state index >= 15 is 0 Å². The molecule has 0 saturated carbocycles. The number of rotatable bonds is 2. The van der Waals surface area contributed by atoms with Crippen molar-refractivity contribution in [1.82, 2.24) is 0 Å². The van der Waals surface area contributed by atoms with Gasteiger partial charge in [-0.1, -0.05) is 60.7 Å². The summed E-state index contributed by atoms with van der Waals surface area (Å²) in [5.74, 6) is 0. The Morgan fingerprint density at radius 2 is 1.00 bits per heavy atom. The van der Waals surface area contributed by atoms with Gasteiger partial charge < -0.3 is 9.46 Å². The van der Waals surface area contributed by atoms with E-state index in [2.05, 4.69) is 0 Å². The standard InChI is InChI=1S/C12H11O2P.2Na/c13-15(14,11-7-3-1-4-8-11)12-9-5-2-6-10-12;;/h1-10H,(H,13,14);;/q;2*+1/p-1. The van der Waals surface area contributed by atoms with E-state index in [0.29, 0.717) is 10.6 Å². The minimum atomic E-state index is -3.65. The molecule has 0 aromatic heterocycles. The quantitative estimate of drug-likeness (QED) is 0.403. The molecule has 0 amide bonds. The monoisotopic (exact) mass is 263 g/mol. The maximum atomic E-state index is 12.1. The van der Waals surface area contributed by atoms with E-state index in [1.807, 2.05) is 0 Å². The van der Waals surface area contributed by atoms with Crippen molar-refractivity contribution in [3.8, 4) is 0 Å². The molecule has 2 rings (SSSR count). The second kappa shape index (κ2) is 7.93. The molecule has 2 aromatic rings. The zero-order valence-electron chi connectivity index (χ0n) is 10.0. The Labute approximate surface area is 145 Å². The maximum Gasteiger partial charge on any atom is 1.00 e. The van der Waals surface area contributed by atoms with Gasteiger partial charge in [-0.3, -0.25) is 0 Å². The van der Waals surface area contributed by atoms with Gasteiger partial charge in [0, 0.05) is 10.6 Å². The van der Waals surface area contributed by atoms with Gasteiger partial charge in [-0.2, -0.15) is 0 Å². The Hall–Kier alpha value is 0.630. The van der Waals surface area contributed by atoms with Crippen molar-refractivity contribution in [3.05, 3.63) is 60.7 Å². The first-order valence-corrected chi connectivity index (χ1v) is 6.26. The fourth-order valence-corrected chi connectivity index (χ4v) is 2.82. The van der Waals surface area contributed by atoms with Crippen LogP contribution in [0.15, 0.2) is 60.7 Å². The molecule has 0 aliphatic carbocycles. The van der Waals surface area contributed by atoms with E-state index in [0.717, 1.165) is 0 Å². The third kappa shape index (κ3) is 4.34. The van der Waals surface area contributed by atoms with E-state index in [4.69, 9.17) is 0 Å². The molecule has 0 aliphatic heterocycles. The Morgan fingerprint density at radius 1 is 0.706 bits per heavy atom. The average Bonchev–Trinajstić information content (AvgIpc) is 2.31. The normalized spacial score (nSPS) is 9.94. The molecule has 17 heavy (non-hydrogen) atoms. The van der Waals surface area contributed by atoms with E-state index in [-0.39, 0.29) is 59.1 Å². The van der Waals surface area contributed by atoms with Crippen molar-refractivity contribution in [1.29, 1.82) is 0 Å². The first-order valence-electron chi connectivity index (χ1n) is 4.63. The SMILES string of the molecule is O=P([O-])(c1ccccc1)c1ccccc1.[Na+].[Na+]. The van der Waals surface area contributed by atoms with Gasteiger partial charge >= 0.3 is 59.1 Å². The fourth-order valence-electron chi connectivity index (χ4n) is 1.40. The van der Waals surface area contributed by atoms with Crippen LogP contribution in [0, 0.1) is 0 Å². The number of hydrogen-bond acceptors (Lipinski definition) is 2. The fraction of sp³-hybridized carbons (Fsp3) is 0. The van der Waals surface area contributed by atoms with Gasteiger partial charge in [0.1, 0.15) is 0 Å². The van der Waals surface area contributed by atoms with Gasteiger partial charge in [0.25, 0.3) is 0 Å². The molecular formula is C12H10Na2O2P+. The summed E-state index contributed by atoms with van der Waals surface area (Å²) in [6.45, 7) is 0. The van der Waals surface area contributed by atoms with Crippen molar-refractivity contribution in [2.24, 2.45) is 0 Å². The molecule has 0 aliphatic rings. The molecule has 76 valence electrons. The molecular weight excluding hydrogens is 253 g/mol. The predicted octanol–water partition coefficient (Wildman–Crippen LogP) is -4.72. The van der Waals surface area contributed by atoms with Crippen LogP contribution >= 0.6 is 7.37 Å². The van der Waals surface area contributed by atoms with Gasteiger partial charge in [0.05, 0.1) is 7.37 Å². The molecule has 0 bridgehead atoms. The molecule has 0 spiro atoms. The molecule has 0 heterocycles. The minimum Gasteiger partial charge on any atom is -0.793 e. The van der Waals surface area contributed by atoms with E-state index in [1.165, 1.54) is 0 Å². The van der Waals surface area contributed by atoms with Crippen molar-refractivity contribution in [2.75, 3.05) is 0 Å². The summed E-state index contributed by atoms with van der Waals surface area (Å²) in [4.78, 5) is 12.1. The van der Waals surface area contributed by atoms with Gasteiger partial charge in [0.15, 0.2) is 0 Å². The summed E-state index contributed by atoms with van der Waals surface area (Å²) in [5, 5.41) is 0.715. The molecule has 0 unspecified atom stereocenters. The largest absolute Gasteiger partial charge is 1.00 e. The first kappa shape index (κ1) is 17.6. The van der Waals surface area contributed by atoms with E-state index in [9.17, 15) is 9.46 Å². The Morgan fingerprint density at radius 3 is 1.29 bits per heavy atom. The molecule has 0 fully saturated rings. The van der Waals surface area contributed by atoms with Gasteiger partial charge in [-0.25, -0.2) is 0 Å². The zero-order valence-corrected chi connectivity index (χ0v) is 14.9. The Kier molecular flexibility index (Phi) is 8.23. The predicted molar refractivity (Wildman–Crippen MR) is 59.8 cm³/mol. The van der Waals surface area contributed by atoms with Crippen LogP contribution in [0.1, 0.15) is 0 Å². The smallest absolute Gasteiger partial charge is 0.793 e. The van der Waals surface area contributed by atoms with Crippen LogP contribution in [-0.4, -0.2) is 0 Å². The third-order valence-corrected chi connectivity index (χ3v) is 4.15. The minimum absolute atomic E-state index is 0. The molecule has 0 N–H and O–H groups in total. The second-order valence-electron chi connectivity index (χ2n) is 3.22. The summed E-state index contributed by atoms with van der Waals surface area (Å²) >= 11 is 0. The Balaban J connectivity index is 0.00000128. The molecule has 2 nitrogen and oxygen atoms in total. The molecule has 0 saturated heterocycles. The molecule has 0 radical (unpaired) electrons. The van der Waals surface area contributed by atoms with Crippen molar-refractivity contribution in [2.45, 2.75) is 0 Å². The molecule has 0 atom stereocenters.